The molecule has 0 bridgehead atoms. The molecule has 1 aliphatic heterocycles. The largest absolute Gasteiger partial charge is 0.368 e. The van der Waals surface area contributed by atoms with Gasteiger partial charge in [0.15, 0.2) is 5.96 Å². The van der Waals surface area contributed by atoms with Crippen LogP contribution < -0.4 is 10.2 Å². The molecule has 2 aromatic rings. The molecular formula is C23H37IN8O. The van der Waals surface area contributed by atoms with Crippen molar-refractivity contribution in [2.75, 3.05) is 58.3 Å². The lowest BCUT2D eigenvalue weighted by atomic mass is 10.1. The summed E-state index contributed by atoms with van der Waals surface area (Å²) in [5, 5.41) is 11.6. The summed E-state index contributed by atoms with van der Waals surface area (Å²) in [5.41, 5.74) is 3.96. The van der Waals surface area contributed by atoms with Crippen molar-refractivity contribution in [1.29, 1.82) is 0 Å². The van der Waals surface area contributed by atoms with Gasteiger partial charge in [0.2, 0.25) is 5.91 Å². The van der Waals surface area contributed by atoms with Gasteiger partial charge in [-0.2, -0.15) is 0 Å². The second-order valence-electron chi connectivity index (χ2n) is 8.34. The van der Waals surface area contributed by atoms with Crippen LogP contribution in [-0.2, 0) is 17.8 Å². The van der Waals surface area contributed by atoms with Crippen LogP contribution in [0.1, 0.15) is 23.9 Å². The molecule has 33 heavy (non-hydrogen) atoms. The van der Waals surface area contributed by atoms with Crippen molar-refractivity contribution in [2.45, 2.75) is 33.7 Å². The molecule has 1 aliphatic rings. The summed E-state index contributed by atoms with van der Waals surface area (Å²) in [7, 11) is 3.51. The number of aromatic nitrogens is 3. The number of hydrogen-bond donors (Lipinski definition) is 1. The summed E-state index contributed by atoms with van der Waals surface area (Å²) in [6.45, 7) is 11.5. The lowest BCUT2D eigenvalue weighted by Crippen LogP contribution is -2.53. The number of rotatable bonds is 7. The van der Waals surface area contributed by atoms with Crippen LogP contribution in [0.2, 0.25) is 0 Å². The zero-order valence-corrected chi connectivity index (χ0v) is 22.7. The van der Waals surface area contributed by atoms with Gasteiger partial charge in [-0.05, 0) is 31.0 Å². The number of likely N-dealkylation sites (N-methyl/N-ethyl adjacent to an activating group) is 1. The summed E-state index contributed by atoms with van der Waals surface area (Å²) in [6.07, 6.45) is 2.61. The average Bonchev–Trinajstić information content (AvgIpc) is 3.25. The van der Waals surface area contributed by atoms with Crippen LogP contribution in [-0.4, -0.2) is 89.8 Å². The molecule has 182 valence electrons. The Morgan fingerprint density at radius 1 is 1.18 bits per heavy atom. The van der Waals surface area contributed by atoms with Gasteiger partial charge in [0.05, 0.1) is 0 Å². The molecule has 1 saturated heterocycles. The molecule has 10 heteroatoms. The molecule has 0 spiro atoms. The quantitative estimate of drug-likeness (QED) is 0.313. The maximum atomic E-state index is 12.1. The van der Waals surface area contributed by atoms with Gasteiger partial charge in [0.25, 0.3) is 0 Å². The van der Waals surface area contributed by atoms with Gasteiger partial charge in [-0.25, -0.2) is 4.99 Å². The fourth-order valence-electron chi connectivity index (χ4n) is 3.82. The molecule has 0 unspecified atom stereocenters. The topological polar surface area (TPSA) is 81.9 Å². The highest BCUT2D eigenvalue weighted by atomic mass is 127. The fourth-order valence-corrected chi connectivity index (χ4v) is 3.82. The lowest BCUT2D eigenvalue weighted by Gasteiger charge is -2.38. The highest BCUT2D eigenvalue weighted by Gasteiger charge is 2.21. The van der Waals surface area contributed by atoms with E-state index >= 15 is 0 Å². The Hall–Kier alpha value is -2.37. The van der Waals surface area contributed by atoms with Gasteiger partial charge >= 0.3 is 0 Å². The van der Waals surface area contributed by atoms with E-state index in [0.717, 1.165) is 50.9 Å². The van der Waals surface area contributed by atoms with Crippen molar-refractivity contribution in [2.24, 2.45) is 4.99 Å². The van der Waals surface area contributed by atoms with E-state index in [4.69, 9.17) is 0 Å². The number of piperazine rings is 1. The fraction of sp³-hybridized carbons (Fsp3) is 0.565. The summed E-state index contributed by atoms with van der Waals surface area (Å²) in [5.74, 6) is 1.74. The van der Waals surface area contributed by atoms with E-state index < -0.39 is 0 Å². The van der Waals surface area contributed by atoms with Crippen molar-refractivity contribution >= 4 is 41.5 Å². The second kappa shape index (κ2) is 12.8. The first kappa shape index (κ1) is 26.9. The minimum absolute atomic E-state index is 0. The zero-order chi connectivity index (χ0) is 23.1. The normalized spacial score (nSPS) is 14.2. The van der Waals surface area contributed by atoms with E-state index in [0.29, 0.717) is 6.54 Å². The van der Waals surface area contributed by atoms with Gasteiger partial charge in [-0.3, -0.25) is 4.79 Å². The zero-order valence-electron chi connectivity index (χ0n) is 20.4. The maximum absolute atomic E-state index is 12.1. The number of carbonyl (C=O) groups is 1. The number of aryl methyl sites for hydroxylation is 2. The first-order valence-corrected chi connectivity index (χ1v) is 11.3. The van der Waals surface area contributed by atoms with E-state index in [1.54, 1.807) is 25.3 Å². The molecule has 0 radical (unpaired) electrons. The van der Waals surface area contributed by atoms with Crippen molar-refractivity contribution in [3.8, 4) is 0 Å². The van der Waals surface area contributed by atoms with Gasteiger partial charge in [0, 0.05) is 65.5 Å². The standard InChI is InChI=1S/C23H36N8O.HI/c1-6-21-27-26-17-31(21)11-10-24-23(25-16-22(32)28(4)5)30-14-12-29(13-15-30)20-9-7-8-18(2)19(20)3;/h7-9,17H,6,10-16H2,1-5H3,(H,24,25);1H. The molecule has 9 nitrogen and oxygen atoms in total. The Balaban J connectivity index is 0.00000385. The Kier molecular flexibility index (Phi) is 10.4. The lowest BCUT2D eigenvalue weighted by molar-refractivity contribution is -0.127. The molecule has 0 saturated carbocycles. The summed E-state index contributed by atoms with van der Waals surface area (Å²) in [6, 6.07) is 6.48. The minimum atomic E-state index is -0.00889. The van der Waals surface area contributed by atoms with E-state index in [1.165, 1.54) is 16.8 Å². The SMILES string of the molecule is CCc1nncn1CCNC(=NCC(=O)N(C)C)N1CCN(c2cccc(C)c2C)CC1.I. The number of carbonyl (C=O) groups excluding carboxylic acids is 1. The number of amides is 1. The van der Waals surface area contributed by atoms with Gasteiger partial charge < -0.3 is 24.6 Å². The molecule has 1 aromatic carbocycles. The highest BCUT2D eigenvalue weighted by Crippen LogP contribution is 2.23. The minimum Gasteiger partial charge on any atom is -0.368 e. The van der Waals surface area contributed by atoms with Gasteiger partial charge in [0.1, 0.15) is 18.7 Å². The number of nitrogens with one attached hydrogen (secondary N) is 1. The summed E-state index contributed by atoms with van der Waals surface area (Å²) >= 11 is 0. The Morgan fingerprint density at radius 3 is 2.58 bits per heavy atom. The monoisotopic (exact) mass is 568 g/mol. The van der Waals surface area contributed by atoms with E-state index in [9.17, 15) is 4.79 Å². The molecule has 1 fully saturated rings. The van der Waals surface area contributed by atoms with Crippen LogP contribution in [0, 0.1) is 13.8 Å². The Bertz CT molecular complexity index is 934. The molecule has 0 aliphatic carbocycles. The smallest absolute Gasteiger partial charge is 0.243 e. The predicted molar refractivity (Wildman–Crippen MR) is 144 cm³/mol. The molecule has 2 heterocycles. The number of guanidine groups is 1. The average molecular weight is 569 g/mol. The van der Waals surface area contributed by atoms with Crippen molar-refractivity contribution < 1.29 is 4.79 Å². The first-order chi connectivity index (χ1) is 15.4. The van der Waals surface area contributed by atoms with E-state index in [-0.39, 0.29) is 36.4 Å². The van der Waals surface area contributed by atoms with Crippen LogP contribution in [0.25, 0.3) is 0 Å². The molecule has 1 amide bonds. The highest BCUT2D eigenvalue weighted by molar-refractivity contribution is 14.0. The number of anilines is 1. The number of halogens is 1. The third-order valence-corrected chi connectivity index (χ3v) is 6.01. The van der Waals surface area contributed by atoms with Gasteiger partial charge in [-0.15, -0.1) is 34.2 Å². The number of benzene rings is 1. The van der Waals surface area contributed by atoms with Crippen LogP contribution in [0.3, 0.4) is 0 Å². The first-order valence-electron chi connectivity index (χ1n) is 11.3. The van der Waals surface area contributed by atoms with E-state index in [2.05, 4.69) is 69.3 Å². The van der Waals surface area contributed by atoms with E-state index in [1.807, 2.05) is 4.57 Å². The second-order valence-corrected chi connectivity index (χ2v) is 8.34. The van der Waals surface area contributed by atoms with Crippen LogP contribution >= 0.6 is 24.0 Å². The third-order valence-electron chi connectivity index (χ3n) is 6.01. The molecule has 1 N–H and O–H groups in total. The van der Waals surface area contributed by atoms with Crippen molar-refractivity contribution in [1.82, 2.24) is 29.9 Å². The van der Waals surface area contributed by atoms with Gasteiger partial charge in [-0.1, -0.05) is 19.1 Å². The van der Waals surface area contributed by atoms with Crippen LogP contribution in [0.5, 0.6) is 0 Å². The Morgan fingerprint density at radius 2 is 1.91 bits per heavy atom. The van der Waals surface area contributed by atoms with Crippen LogP contribution in [0.4, 0.5) is 5.69 Å². The maximum Gasteiger partial charge on any atom is 0.243 e. The summed E-state index contributed by atoms with van der Waals surface area (Å²) in [4.78, 5) is 23.0. The number of hydrogen-bond acceptors (Lipinski definition) is 5. The summed E-state index contributed by atoms with van der Waals surface area (Å²) < 4.78 is 2.05. The third kappa shape index (κ3) is 7.05. The van der Waals surface area contributed by atoms with Crippen molar-refractivity contribution in [3.63, 3.8) is 0 Å². The molecular weight excluding hydrogens is 531 g/mol. The number of nitrogens with zero attached hydrogens (tertiary/aromatic N) is 7. The molecule has 0 atom stereocenters. The number of aliphatic imine (C=N–C) groups is 1. The molecule has 3 rings (SSSR count). The Labute approximate surface area is 214 Å². The predicted octanol–water partition coefficient (Wildman–Crippen LogP) is 1.93. The molecule has 1 aromatic heterocycles. The van der Waals surface area contributed by atoms with Crippen LogP contribution in [0.15, 0.2) is 29.5 Å². The van der Waals surface area contributed by atoms with Crippen molar-refractivity contribution in [3.05, 3.63) is 41.5 Å².